The van der Waals surface area contributed by atoms with Crippen LogP contribution in [0.2, 0.25) is 0 Å². The van der Waals surface area contributed by atoms with Crippen molar-refractivity contribution < 1.29 is 9.47 Å². The average molecular weight is 443 g/mol. The van der Waals surface area contributed by atoms with Crippen molar-refractivity contribution in [2.75, 3.05) is 26.1 Å². The van der Waals surface area contributed by atoms with Crippen molar-refractivity contribution in [2.24, 2.45) is 5.92 Å². The van der Waals surface area contributed by atoms with Crippen LogP contribution in [0.5, 0.6) is 5.75 Å². The second-order valence-corrected chi connectivity index (χ2v) is 10.1. The number of methoxy groups -OCH3 is 1. The van der Waals surface area contributed by atoms with E-state index >= 15 is 0 Å². The summed E-state index contributed by atoms with van der Waals surface area (Å²) in [6.07, 6.45) is 6.73. The van der Waals surface area contributed by atoms with E-state index < -0.39 is 0 Å². The van der Waals surface area contributed by atoms with Gasteiger partial charge in [0.1, 0.15) is 10.6 Å². The van der Waals surface area contributed by atoms with Gasteiger partial charge in [0.05, 0.1) is 24.8 Å². The maximum atomic E-state index is 13.8. The van der Waals surface area contributed by atoms with Gasteiger partial charge < -0.3 is 9.47 Å². The molecule has 1 fully saturated rings. The van der Waals surface area contributed by atoms with Crippen molar-refractivity contribution in [1.82, 2.24) is 9.55 Å². The SMILES string of the molecule is COc1ccc(-n2c(SCC3CCOC3)nc3sc4c(c3c2=O)CCCCC4)cc1. The molecule has 1 aliphatic heterocycles. The van der Waals surface area contributed by atoms with Gasteiger partial charge in [-0.2, -0.15) is 0 Å². The van der Waals surface area contributed by atoms with E-state index in [1.165, 1.54) is 23.3 Å². The van der Waals surface area contributed by atoms with Crippen molar-refractivity contribution in [3.05, 3.63) is 45.1 Å². The van der Waals surface area contributed by atoms with E-state index in [4.69, 9.17) is 14.5 Å². The highest BCUT2D eigenvalue weighted by Crippen LogP contribution is 2.35. The van der Waals surface area contributed by atoms with E-state index in [0.717, 1.165) is 71.5 Å². The first-order chi connectivity index (χ1) is 14.7. The van der Waals surface area contributed by atoms with Crippen LogP contribution in [-0.2, 0) is 17.6 Å². The highest BCUT2D eigenvalue weighted by Gasteiger charge is 2.23. The summed E-state index contributed by atoms with van der Waals surface area (Å²) < 4.78 is 12.6. The molecule has 5 rings (SSSR count). The molecule has 158 valence electrons. The van der Waals surface area contributed by atoms with Gasteiger partial charge in [-0.25, -0.2) is 4.98 Å². The number of thioether (sulfide) groups is 1. The molecule has 0 bridgehead atoms. The number of benzene rings is 1. The van der Waals surface area contributed by atoms with Crippen LogP contribution in [0.3, 0.4) is 0 Å². The highest BCUT2D eigenvalue weighted by molar-refractivity contribution is 7.99. The summed E-state index contributed by atoms with van der Waals surface area (Å²) in [5.74, 6) is 2.22. The molecule has 30 heavy (non-hydrogen) atoms. The Morgan fingerprint density at radius 1 is 1.23 bits per heavy atom. The third-order valence-corrected chi connectivity index (χ3v) is 8.37. The third-order valence-electron chi connectivity index (χ3n) is 6.01. The molecule has 0 amide bonds. The summed E-state index contributed by atoms with van der Waals surface area (Å²) in [6, 6.07) is 7.70. The molecule has 1 unspecified atom stereocenters. The molecule has 2 aromatic heterocycles. The van der Waals surface area contributed by atoms with Crippen molar-refractivity contribution in [1.29, 1.82) is 0 Å². The summed E-state index contributed by atoms with van der Waals surface area (Å²) in [6.45, 7) is 1.63. The Bertz CT molecular complexity index is 1100. The molecule has 1 saturated heterocycles. The molecule has 7 heteroatoms. The highest BCUT2D eigenvalue weighted by atomic mass is 32.2. The largest absolute Gasteiger partial charge is 0.497 e. The Balaban J connectivity index is 1.64. The van der Waals surface area contributed by atoms with Crippen LogP contribution >= 0.6 is 23.1 Å². The van der Waals surface area contributed by atoms with Gasteiger partial charge in [0.15, 0.2) is 5.16 Å². The van der Waals surface area contributed by atoms with Crippen molar-refractivity contribution >= 4 is 33.3 Å². The van der Waals surface area contributed by atoms with E-state index in [1.807, 2.05) is 24.3 Å². The number of hydrogen-bond acceptors (Lipinski definition) is 6. The first-order valence-electron chi connectivity index (χ1n) is 10.7. The van der Waals surface area contributed by atoms with Crippen LogP contribution in [0.4, 0.5) is 0 Å². The molecule has 2 aliphatic rings. The van der Waals surface area contributed by atoms with Crippen molar-refractivity contribution in [2.45, 2.75) is 43.7 Å². The van der Waals surface area contributed by atoms with E-state index in [2.05, 4.69) is 0 Å². The minimum atomic E-state index is 0.0646. The van der Waals surface area contributed by atoms with Gasteiger partial charge in [-0.3, -0.25) is 9.36 Å². The number of thiophene rings is 1. The second kappa shape index (κ2) is 8.73. The molecule has 0 spiro atoms. The molecule has 0 radical (unpaired) electrons. The molecule has 5 nitrogen and oxygen atoms in total. The molecule has 0 saturated carbocycles. The number of ether oxygens (including phenoxy) is 2. The van der Waals surface area contributed by atoms with Gasteiger partial charge in [-0.05, 0) is 67.9 Å². The van der Waals surface area contributed by atoms with Crippen LogP contribution < -0.4 is 10.3 Å². The van der Waals surface area contributed by atoms with Gasteiger partial charge in [-0.1, -0.05) is 18.2 Å². The maximum Gasteiger partial charge on any atom is 0.267 e. The van der Waals surface area contributed by atoms with Crippen molar-refractivity contribution in [3.8, 4) is 11.4 Å². The number of fused-ring (bicyclic) bond motifs is 3. The van der Waals surface area contributed by atoms with Crippen LogP contribution in [0.25, 0.3) is 15.9 Å². The molecular weight excluding hydrogens is 416 g/mol. The number of aromatic nitrogens is 2. The van der Waals surface area contributed by atoms with E-state index in [-0.39, 0.29) is 5.56 Å². The predicted molar refractivity (Wildman–Crippen MR) is 123 cm³/mol. The standard InChI is InChI=1S/C23H26N2O3S2/c1-27-17-9-7-16(8-10-17)25-22(26)20-18-5-3-2-4-6-19(18)30-21(20)24-23(25)29-14-15-11-12-28-13-15/h7-10,15H,2-6,11-14H2,1H3. The Morgan fingerprint density at radius 3 is 2.83 bits per heavy atom. The molecule has 3 heterocycles. The van der Waals surface area contributed by atoms with Gasteiger partial charge in [-0.15, -0.1) is 11.3 Å². The van der Waals surface area contributed by atoms with Crippen LogP contribution in [0, 0.1) is 5.92 Å². The van der Waals surface area contributed by atoms with Gasteiger partial charge >= 0.3 is 0 Å². The zero-order valence-corrected chi connectivity index (χ0v) is 18.8. The van der Waals surface area contributed by atoms with Crippen LogP contribution in [0.1, 0.15) is 36.1 Å². The van der Waals surface area contributed by atoms with Gasteiger partial charge in [0.2, 0.25) is 0 Å². The number of rotatable bonds is 5. The van der Waals surface area contributed by atoms with Gasteiger partial charge in [0.25, 0.3) is 5.56 Å². The molecule has 1 atom stereocenters. The quantitative estimate of drug-likeness (QED) is 0.321. The van der Waals surface area contributed by atoms with Crippen molar-refractivity contribution in [3.63, 3.8) is 0 Å². The molecule has 1 aliphatic carbocycles. The number of nitrogens with zero attached hydrogens (tertiary/aromatic N) is 2. The van der Waals surface area contributed by atoms with Gasteiger partial charge in [0, 0.05) is 17.2 Å². The van der Waals surface area contributed by atoms with E-state index in [9.17, 15) is 4.79 Å². The maximum absolute atomic E-state index is 13.8. The molecule has 0 N–H and O–H groups in total. The first-order valence-corrected chi connectivity index (χ1v) is 12.5. The lowest BCUT2D eigenvalue weighted by Gasteiger charge is -2.14. The normalized spacial score (nSPS) is 19.0. The summed E-state index contributed by atoms with van der Waals surface area (Å²) in [5.41, 5.74) is 2.15. The lowest BCUT2D eigenvalue weighted by atomic mass is 10.1. The summed E-state index contributed by atoms with van der Waals surface area (Å²) in [5, 5.41) is 1.61. The zero-order chi connectivity index (χ0) is 20.5. The fourth-order valence-corrected chi connectivity index (χ4v) is 6.76. The monoisotopic (exact) mass is 442 g/mol. The first kappa shape index (κ1) is 20.1. The van der Waals surface area contributed by atoms with Crippen LogP contribution in [-0.4, -0.2) is 35.6 Å². The Kier molecular flexibility index (Phi) is 5.85. The Labute approximate surface area is 184 Å². The molecule has 3 aromatic rings. The predicted octanol–water partition coefficient (Wildman–Crippen LogP) is 4.85. The fourth-order valence-electron chi connectivity index (χ4n) is 4.33. The van der Waals surface area contributed by atoms with E-state index in [1.54, 1.807) is 34.8 Å². The number of hydrogen-bond donors (Lipinski definition) is 0. The summed E-state index contributed by atoms with van der Waals surface area (Å²) in [4.78, 5) is 21.1. The zero-order valence-electron chi connectivity index (χ0n) is 17.2. The Hall–Kier alpha value is -1.83. The number of aryl methyl sites for hydroxylation is 2. The average Bonchev–Trinajstić information content (AvgIpc) is 3.35. The minimum absolute atomic E-state index is 0.0646. The topological polar surface area (TPSA) is 53.4 Å². The molecule has 1 aromatic carbocycles. The fraction of sp³-hybridized carbons (Fsp3) is 0.478. The van der Waals surface area contributed by atoms with E-state index in [0.29, 0.717) is 5.92 Å². The minimum Gasteiger partial charge on any atom is -0.497 e. The summed E-state index contributed by atoms with van der Waals surface area (Å²) in [7, 11) is 1.65. The Morgan fingerprint density at radius 2 is 2.07 bits per heavy atom. The summed E-state index contributed by atoms with van der Waals surface area (Å²) >= 11 is 3.40. The lowest BCUT2D eigenvalue weighted by molar-refractivity contribution is 0.189. The second-order valence-electron chi connectivity index (χ2n) is 8.02. The third kappa shape index (κ3) is 3.79. The smallest absolute Gasteiger partial charge is 0.267 e. The van der Waals surface area contributed by atoms with Crippen LogP contribution in [0.15, 0.2) is 34.2 Å². The molecular formula is C23H26N2O3S2. The lowest BCUT2D eigenvalue weighted by Crippen LogP contribution is -2.22.